The molecular weight excluding hydrogens is 375 g/mol. The summed E-state index contributed by atoms with van der Waals surface area (Å²) < 4.78 is 38.7. The molecule has 1 aliphatic rings. The molecule has 0 aliphatic carbocycles. The second-order valence-corrected chi connectivity index (χ2v) is 7.26. The Balaban J connectivity index is 2.11. The number of nitrogens with zero attached hydrogens (tertiary/aromatic N) is 1. The summed E-state index contributed by atoms with van der Waals surface area (Å²) in [6.45, 7) is 3.79. The van der Waals surface area contributed by atoms with Gasteiger partial charge in [-0.05, 0) is 30.5 Å². The molecule has 9 heteroatoms. The fourth-order valence-electron chi connectivity index (χ4n) is 3.15. The molecule has 1 saturated heterocycles. The molecule has 0 radical (unpaired) electrons. The van der Waals surface area contributed by atoms with E-state index in [9.17, 15) is 27.6 Å². The lowest BCUT2D eigenvalue weighted by atomic mass is 10.0. The number of anilines is 1. The summed E-state index contributed by atoms with van der Waals surface area (Å²) in [5.41, 5.74) is -0.762. The van der Waals surface area contributed by atoms with Crippen LogP contribution in [0.3, 0.4) is 0 Å². The van der Waals surface area contributed by atoms with Crippen molar-refractivity contribution in [2.45, 2.75) is 38.9 Å². The van der Waals surface area contributed by atoms with E-state index in [0.29, 0.717) is 6.42 Å². The molecule has 0 aromatic heterocycles. The Morgan fingerprint density at radius 2 is 1.96 bits per heavy atom. The predicted molar refractivity (Wildman–Crippen MR) is 97.4 cm³/mol. The van der Waals surface area contributed by atoms with Crippen LogP contribution in [0.2, 0.25) is 0 Å². The zero-order valence-electron chi connectivity index (χ0n) is 16.0. The molecule has 1 aromatic carbocycles. The van der Waals surface area contributed by atoms with Gasteiger partial charge in [0.15, 0.2) is 0 Å². The molecule has 1 heterocycles. The van der Waals surface area contributed by atoms with Crippen molar-refractivity contribution in [3.05, 3.63) is 29.8 Å². The van der Waals surface area contributed by atoms with Gasteiger partial charge in [0.1, 0.15) is 6.04 Å². The molecule has 28 heavy (non-hydrogen) atoms. The van der Waals surface area contributed by atoms with E-state index in [4.69, 9.17) is 0 Å². The normalized spacial score (nSPS) is 18.3. The van der Waals surface area contributed by atoms with Gasteiger partial charge in [0.05, 0.1) is 11.5 Å². The molecule has 154 valence electrons. The number of alkyl halides is 3. The fourth-order valence-corrected chi connectivity index (χ4v) is 3.15. The molecule has 0 spiro atoms. The average molecular weight is 399 g/mol. The van der Waals surface area contributed by atoms with E-state index in [-0.39, 0.29) is 30.5 Å². The molecule has 1 aromatic rings. The third-order valence-corrected chi connectivity index (χ3v) is 4.57. The number of carbonyl (C=O) groups is 3. The summed E-state index contributed by atoms with van der Waals surface area (Å²) in [5, 5.41) is 5.15. The van der Waals surface area contributed by atoms with Crippen molar-refractivity contribution in [2.75, 3.05) is 18.5 Å². The Morgan fingerprint density at radius 3 is 2.54 bits per heavy atom. The monoisotopic (exact) mass is 399 g/mol. The van der Waals surface area contributed by atoms with Crippen molar-refractivity contribution in [3.63, 3.8) is 0 Å². The van der Waals surface area contributed by atoms with Crippen molar-refractivity contribution >= 4 is 23.4 Å². The van der Waals surface area contributed by atoms with E-state index in [0.717, 1.165) is 12.1 Å². The van der Waals surface area contributed by atoms with E-state index in [1.54, 1.807) is 0 Å². The standard InChI is InChI=1S/C19H24F3N3O3/c1-11(2)7-15(18(28)23-3)24-17(27)12-8-16(26)25(10-12)14-6-4-5-13(9-14)19(20,21)22/h4-6,9,11-12,15H,7-8,10H2,1-3H3,(H,23,28)(H,24,27). The summed E-state index contributed by atoms with van der Waals surface area (Å²) in [6, 6.07) is 3.72. The lowest BCUT2D eigenvalue weighted by molar-refractivity contribution is -0.137. The van der Waals surface area contributed by atoms with Crippen molar-refractivity contribution in [1.29, 1.82) is 0 Å². The molecule has 2 rings (SSSR count). The highest BCUT2D eigenvalue weighted by atomic mass is 19.4. The number of carbonyl (C=O) groups excluding carboxylic acids is 3. The van der Waals surface area contributed by atoms with Gasteiger partial charge in [-0.2, -0.15) is 13.2 Å². The summed E-state index contributed by atoms with van der Waals surface area (Å²) in [5.74, 6) is -1.80. The van der Waals surface area contributed by atoms with Crippen molar-refractivity contribution < 1.29 is 27.6 Å². The quantitative estimate of drug-likeness (QED) is 0.771. The maximum absolute atomic E-state index is 12.9. The van der Waals surface area contributed by atoms with Crippen LogP contribution >= 0.6 is 0 Å². The predicted octanol–water partition coefficient (Wildman–Crippen LogP) is 2.34. The van der Waals surface area contributed by atoms with Gasteiger partial charge in [-0.1, -0.05) is 19.9 Å². The molecule has 1 fully saturated rings. The molecule has 2 unspecified atom stereocenters. The van der Waals surface area contributed by atoms with Gasteiger partial charge in [-0.3, -0.25) is 14.4 Å². The summed E-state index contributed by atoms with van der Waals surface area (Å²) in [4.78, 5) is 38.0. The molecular formula is C19H24F3N3O3. The highest BCUT2D eigenvalue weighted by Crippen LogP contribution is 2.33. The van der Waals surface area contributed by atoms with Crippen LogP contribution in [0.1, 0.15) is 32.3 Å². The molecule has 2 N–H and O–H groups in total. The van der Waals surface area contributed by atoms with Gasteiger partial charge in [0, 0.05) is 25.7 Å². The molecule has 3 amide bonds. The molecule has 0 saturated carbocycles. The smallest absolute Gasteiger partial charge is 0.357 e. The van der Waals surface area contributed by atoms with E-state index in [1.165, 1.54) is 24.1 Å². The van der Waals surface area contributed by atoms with Crippen LogP contribution in [0, 0.1) is 11.8 Å². The maximum Gasteiger partial charge on any atom is 0.416 e. The van der Waals surface area contributed by atoms with E-state index >= 15 is 0 Å². The Kier molecular flexibility index (Phi) is 6.69. The Labute approximate surface area is 161 Å². The van der Waals surface area contributed by atoms with Gasteiger partial charge in [0.25, 0.3) is 0 Å². The average Bonchev–Trinajstić information content (AvgIpc) is 3.01. The number of nitrogens with one attached hydrogen (secondary N) is 2. The highest BCUT2D eigenvalue weighted by molar-refractivity contribution is 6.01. The van der Waals surface area contributed by atoms with E-state index in [1.807, 2.05) is 13.8 Å². The number of hydrogen-bond donors (Lipinski definition) is 2. The fraction of sp³-hybridized carbons (Fsp3) is 0.526. The van der Waals surface area contributed by atoms with Gasteiger partial charge in [-0.25, -0.2) is 0 Å². The highest BCUT2D eigenvalue weighted by Gasteiger charge is 2.38. The van der Waals surface area contributed by atoms with Gasteiger partial charge in [-0.15, -0.1) is 0 Å². The van der Waals surface area contributed by atoms with E-state index < -0.39 is 35.5 Å². The minimum absolute atomic E-state index is 0.0336. The first-order valence-corrected chi connectivity index (χ1v) is 9.02. The SMILES string of the molecule is CNC(=O)C(CC(C)C)NC(=O)C1CC(=O)N(c2cccc(C(F)(F)F)c2)C1. The van der Waals surface area contributed by atoms with Gasteiger partial charge in [0.2, 0.25) is 17.7 Å². The van der Waals surface area contributed by atoms with Crippen LogP contribution in [0.25, 0.3) is 0 Å². The lowest BCUT2D eigenvalue weighted by Crippen LogP contribution is -2.48. The van der Waals surface area contributed by atoms with Crippen LogP contribution in [0.15, 0.2) is 24.3 Å². The molecule has 6 nitrogen and oxygen atoms in total. The molecule has 2 atom stereocenters. The largest absolute Gasteiger partial charge is 0.416 e. The summed E-state index contributed by atoms with van der Waals surface area (Å²) in [6.07, 6.45) is -4.21. The van der Waals surface area contributed by atoms with Crippen molar-refractivity contribution in [2.24, 2.45) is 11.8 Å². The second kappa shape index (κ2) is 8.62. The molecule has 1 aliphatic heterocycles. The lowest BCUT2D eigenvalue weighted by Gasteiger charge is -2.21. The third kappa shape index (κ3) is 5.24. The summed E-state index contributed by atoms with van der Waals surface area (Å²) >= 11 is 0. The van der Waals surface area contributed by atoms with Crippen LogP contribution in [-0.4, -0.2) is 37.4 Å². The number of hydrogen-bond acceptors (Lipinski definition) is 3. The minimum atomic E-state index is -4.52. The number of benzene rings is 1. The van der Waals surface area contributed by atoms with E-state index in [2.05, 4.69) is 10.6 Å². The number of likely N-dealkylation sites (N-methyl/N-ethyl adjacent to an activating group) is 1. The van der Waals surface area contributed by atoms with Crippen molar-refractivity contribution in [3.8, 4) is 0 Å². The first-order valence-electron chi connectivity index (χ1n) is 9.02. The van der Waals surface area contributed by atoms with Crippen LogP contribution in [0.5, 0.6) is 0 Å². The zero-order valence-corrected chi connectivity index (χ0v) is 16.0. The number of rotatable bonds is 6. The zero-order chi connectivity index (χ0) is 21.1. The van der Waals surface area contributed by atoms with Gasteiger partial charge >= 0.3 is 6.18 Å². The third-order valence-electron chi connectivity index (χ3n) is 4.57. The first kappa shape index (κ1) is 21.7. The second-order valence-electron chi connectivity index (χ2n) is 7.26. The Hall–Kier alpha value is -2.58. The summed E-state index contributed by atoms with van der Waals surface area (Å²) in [7, 11) is 1.47. The number of amides is 3. The topological polar surface area (TPSA) is 78.5 Å². The molecule has 0 bridgehead atoms. The van der Waals surface area contributed by atoms with Crippen LogP contribution < -0.4 is 15.5 Å². The van der Waals surface area contributed by atoms with Crippen LogP contribution in [0.4, 0.5) is 18.9 Å². The Bertz CT molecular complexity index is 749. The Morgan fingerprint density at radius 1 is 1.29 bits per heavy atom. The maximum atomic E-state index is 12.9. The van der Waals surface area contributed by atoms with Gasteiger partial charge < -0.3 is 15.5 Å². The first-order chi connectivity index (χ1) is 13.0. The van der Waals surface area contributed by atoms with Crippen molar-refractivity contribution in [1.82, 2.24) is 10.6 Å². The minimum Gasteiger partial charge on any atom is -0.357 e. The number of halogens is 3. The van der Waals surface area contributed by atoms with Crippen LogP contribution in [-0.2, 0) is 20.6 Å².